The molecule has 2 aromatic rings. The lowest BCUT2D eigenvalue weighted by Gasteiger charge is -2.21. The van der Waals surface area contributed by atoms with E-state index >= 15 is 0 Å². The molecule has 112 valence electrons. The minimum Gasteiger partial charge on any atom is -0.308 e. The molecule has 0 aliphatic rings. The Hall–Kier alpha value is -0.480. The highest BCUT2D eigenvalue weighted by molar-refractivity contribution is 9.10. The first-order valence-corrected chi connectivity index (χ1v) is 8.79. The molecule has 1 N–H and O–H groups in total. The maximum Gasteiger partial charge on any atom is 0.0462 e. The molecule has 0 saturated heterocycles. The first-order chi connectivity index (χ1) is 9.83. The van der Waals surface area contributed by atoms with Crippen molar-refractivity contribution in [3.05, 3.63) is 57.5 Å². The normalized spacial score (nSPS) is 11.7. The van der Waals surface area contributed by atoms with E-state index in [1.165, 1.54) is 4.90 Å². The molecule has 21 heavy (non-hydrogen) atoms. The highest BCUT2D eigenvalue weighted by Gasteiger charge is 2.10. The van der Waals surface area contributed by atoms with E-state index in [0.717, 1.165) is 26.5 Å². The second-order valence-corrected chi connectivity index (χ2v) is 8.39. The lowest BCUT2D eigenvalue weighted by atomic mass is 10.1. The lowest BCUT2D eigenvalue weighted by molar-refractivity contribution is 0.424. The van der Waals surface area contributed by atoms with Gasteiger partial charge in [0.05, 0.1) is 0 Å². The molecule has 0 aromatic heterocycles. The quantitative estimate of drug-likeness (QED) is 0.679. The summed E-state index contributed by atoms with van der Waals surface area (Å²) < 4.78 is 1.09. The van der Waals surface area contributed by atoms with Gasteiger partial charge in [-0.05, 0) is 56.7 Å². The van der Waals surface area contributed by atoms with Crippen molar-refractivity contribution in [2.75, 3.05) is 0 Å². The first kappa shape index (κ1) is 16.9. The molecule has 0 saturated carbocycles. The molecule has 0 unspecified atom stereocenters. The van der Waals surface area contributed by atoms with Crippen molar-refractivity contribution in [1.82, 2.24) is 5.32 Å². The van der Waals surface area contributed by atoms with Crippen LogP contribution >= 0.6 is 39.3 Å². The summed E-state index contributed by atoms with van der Waals surface area (Å²) in [6, 6.07) is 14.5. The summed E-state index contributed by atoms with van der Waals surface area (Å²) in [6.07, 6.45) is 0. The minimum atomic E-state index is 0.0903. The van der Waals surface area contributed by atoms with Gasteiger partial charge in [0.15, 0.2) is 0 Å². The maximum absolute atomic E-state index is 6.39. The zero-order valence-corrected chi connectivity index (χ0v) is 15.6. The minimum absolute atomic E-state index is 0.0903. The van der Waals surface area contributed by atoms with Crippen LogP contribution in [-0.4, -0.2) is 5.54 Å². The van der Waals surface area contributed by atoms with Crippen LogP contribution in [0.25, 0.3) is 0 Å². The Morgan fingerprint density at radius 2 is 1.81 bits per heavy atom. The van der Waals surface area contributed by atoms with Gasteiger partial charge in [0.25, 0.3) is 0 Å². The van der Waals surface area contributed by atoms with E-state index in [1.807, 2.05) is 18.2 Å². The van der Waals surface area contributed by atoms with Crippen LogP contribution in [0.4, 0.5) is 0 Å². The Morgan fingerprint density at radius 3 is 2.43 bits per heavy atom. The fraction of sp³-hybridized carbons (Fsp3) is 0.294. The smallest absolute Gasteiger partial charge is 0.0462 e. The Labute approximate surface area is 144 Å². The number of nitrogens with one attached hydrogen (secondary N) is 1. The first-order valence-electron chi connectivity index (χ1n) is 6.80. The van der Waals surface area contributed by atoms with Crippen LogP contribution < -0.4 is 5.32 Å². The molecule has 0 heterocycles. The van der Waals surface area contributed by atoms with E-state index in [-0.39, 0.29) is 5.54 Å². The van der Waals surface area contributed by atoms with Gasteiger partial charge in [0.1, 0.15) is 0 Å². The number of halogens is 2. The van der Waals surface area contributed by atoms with Crippen LogP contribution in [0.2, 0.25) is 5.02 Å². The van der Waals surface area contributed by atoms with Gasteiger partial charge in [-0.3, -0.25) is 0 Å². The molecule has 0 amide bonds. The molecule has 0 spiro atoms. The number of benzene rings is 2. The van der Waals surface area contributed by atoms with E-state index in [9.17, 15) is 0 Å². The van der Waals surface area contributed by atoms with Crippen LogP contribution in [0.3, 0.4) is 0 Å². The summed E-state index contributed by atoms with van der Waals surface area (Å²) in [4.78, 5) is 2.35. The van der Waals surface area contributed by atoms with Gasteiger partial charge in [-0.2, -0.15) is 0 Å². The molecular formula is C17H19BrClNS. The summed E-state index contributed by atoms with van der Waals surface area (Å²) in [5, 5.41) is 4.27. The molecule has 2 rings (SSSR count). The summed E-state index contributed by atoms with van der Waals surface area (Å²) in [6.45, 7) is 7.24. The predicted molar refractivity (Wildman–Crippen MR) is 96.3 cm³/mol. The van der Waals surface area contributed by atoms with E-state index in [2.05, 4.69) is 66.3 Å². The van der Waals surface area contributed by atoms with E-state index in [4.69, 9.17) is 11.6 Å². The molecule has 0 aliphatic carbocycles. The summed E-state index contributed by atoms with van der Waals surface area (Å²) in [5.41, 5.74) is 1.22. The van der Waals surface area contributed by atoms with Crippen molar-refractivity contribution in [2.24, 2.45) is 0 Å². The summed E-state index contributed by atoms with van der Waals surface area (Å²) in [5.74, 6) is 0. The van der Waals surface area contributed by atoms with Crippen molar-refractivity contribution in [1.29, 1.82) is 0 Å². The molecule has 0 aliphatic heterocycles. The largest absolute Gasteiger partial charge is 0.308 e. The van der Waals surface area contributed by atoms with Gasteiger partial charge in [-0.1, -0.05) is 51.4 Å². The standard InChI is InChI=1S/C17H19BrClNS/c1-17(2,3)20-11-12-7-8-15(10-16(12)19)21-14-6-4-5-13(18)9-14/h4-10,20H,11H2,1-3H3. The van der Waals surface area contributed by atoms with Crippen molar-refractivity contribution in [2.45, 2.75) is 42.6 Å². The van der Waals surface area contributed by atoms with Gasteiger partial charge in [0, 0.05) is 31.4 Å². The van der Waals surface area contributed by atoms with Gasteiger partial charge < -0.3 is 5.32 Å². The van der Waals surface area contributed by atoms with Gasteiger partial charge in [-0.25, -0.2) is 0 Å². The molecule has 0 fully saturated rings. The molecule has 0 radical (unpaired) electrons. The van der Waals surface area contributed by atoms with Gasteiger partial charge >= 0.3 is 0 Å². The maximum atomic E-state index is 6.39. The average molecular weight is 385 g/mol. The van der Waals surface area contributed by atoms with E-state index < -0.39 is 0 Å². The van der Waals surface area contributed by atoms with Crippen LogP contribution in [0.1, 0.15) is 26.3 Å². The lowest BCUT2D eigenvalue weighted by Crippen LogP contribution is -2.35. The van der Waals surface area contributed by atoms with Gasteiger partial charge in [-0.15, -0.1) is 0 Å². The van der Waals surface area contributed by atoms with E-state index in [1.54, 1.807) is 11.8 Å². The Kier molecular flexibility index (Phi) is 5.78. The van der Waals surface area contributed by atoms with Crippen molar-refractivity contribution in [3.63, 3.8) is 0 Å². The molecule has 0 atom stereocenters. The second kappa shape index (κ2) is 7.19. The zero-order chi connectivity index (χ0) is 15.5. The molecular weight excluding hydrogens is 366 g/mol. The van der Waals surface area contributed by atoms with Crippen molar-refractivity contribution >= 4 is 39.3 Å². The summed E-state index contributed by atoms with van der Waals surface area (Å²) >= 11 is 11.6. The number of hydrogen-bond donors (Lipinski definition) is 1. The van der Waals surface area contributed by atoms with Crippen molar-refractivity contribution < 1.29 is 0 Å². The van der Waals surface area contributed by atoms with Crippen molar-refractivity contribution in [3.8, 4) is 0 Å². The molecule has 1 nitrogen and oxygen atoms in total. The highest BCUT2D eigenvalue weighted by atomic mass is 79.9. The third-order valence-electron chi connectivity index (χ3n) is 2.87. The highest BCUT2D eigenvalue weighted by Crippen LogP contribution is 2.32. The third kappa shape index (κ3) is 5.67. The monoisotopic (exact) mass is 383 g/mol. The molecule has 0 bridgehead atoms. The second-order valence-electron chi connectivity index (χ2n) is 5.92. The molecule has 4 heteroatoms. The van der Waals surface area contributed by atoms with Gasteiger partial charge in [0.2, 0.25) is 0 Å². The average Bonchev–Trinajstić information content (AvgIpc) is 2.36. The summed E-state index contributed by atoms with van der Waals surface area (Å²) in [7, 11) is 0. The fourth-order valence-electron chi connectivity index (χ4n) is 1.76. The third-order valence-corrected chi connectivity index (χ3v) is 4.69. The Morgan fingerprint density at radius 1 is 1.10 bits per heavy atom. The zero-order valence-electron chi connectivity index (χ0n) is 12.4. The fourth-order valence-corrected chi connectivity index (χ4v) is 3.54. The predicted octanol–water partition coefficient (Wildman–Crippen LogP) is 6.14. The van der Waals surface area contributed by atoms with Crippen LogP contribution in [-0.2, 0) is 6.54 Å². The van der Waals surface area contributed by atoms with Crippen LogP contribution in [0.15, 0.2) is 56.7 Å². The topological polar surface area (TPSA) is 12.0 Å². The SMILES string of the molecule is CC(C)(C)NCc1ccc(Sc2cccc(Br)c2)cc1Cl. The van der Waals surface area contributed by atoms with Crippen LogP contribution in [0.5, 0.6) is 0 Å². The number of rotatable bonds is 4. The van der Waals surface area contributed by atoms with E-state index in [0.29, 0.717) is 0 Å². The molecule has 2 aromatic carbocycles. The van der Waals surface area contributed by atoms with Crippen LogP contribution in [0, 0.1) is 0 Å². The Balaban J connectivity index is 2.08. The Bertz CT molecular complexity index is 622. The number of hydrogen-bond acceptors (Lipinski definition) is 2.